The van der Waals surface area contributed by atoms with E-state index in [4.69, 9.17) is 29.8 Å². The van der Waals surface area contributed by atoms with Gasteiger partial charge in [0.1, 0.15) is 0 Å². The second kappa shape index (κ2) is 17.6. The Morgan fingerprint density at radius 1 is 0.920 bits per heavy atom. The molecule has 3 atom stereocenters. The molecule has 0 spiro atoms. The topological polar surface area (TPSA) is 163 Å². The van der Waals surface area contributed by atoms with E-state index in [0.29, 0.717) is 49.8 Å². The summed E-state index contributed by atoms with van der Waals surface area (Å²) in [6, 6.07) is 21.6. The molecule has 1 aliphatic heterocycles. The van der Waals surface area contributed by atoms with Crippen molar-refractivity contribution < 1.29 is 38.4 Å². The number of hydrogen-bond donors (Lipinski definition) is 4. The normalized spacial score (nSPS) is 17.2. The fourth-order valence-corrected chi connectivity index (χ4v) is 5.98. The van der Waals surface area contributed by atoms with Crippen LogP contribution in [0.5, 0.6) is 0 Å². The number of carbonyl (C=O) groups excluding carboxylic acids is 3. The smallest absolute Gasteiger partial charge is 0.286 e. The predicted molar refractivity (Wildman–Crippen MR) is 189 cm³/mol. The predicted octanol–water partition coefficient (Wildman–Crippen LogP) is 4.84. The van der Waals surface area contributed by atoms with Gasteiger partial charge in [-0.2, -0.15) is 0 Å². The minimum Gasteiger partial charge on any atom is -0.459 e. The van der Waals surface area contributed by atoms with Gasteiger partial charge in [-0.15, -0.1) is 0 Å². The molecule has 0 saturated heterocycles. The van der Waals surface area contributed by atoms with Gasteiger partial charge in [0.15, 0.2) is 5.76 Å². The number of ether oxygens (including phenoxy) is 4. The Morgan fingerprint density at radius 3 is 2.36 bits per heavy atom. The summed E-state index contributed by atoms with van der Waals surface area (Å²) in [5, 5.41) is 15.6. The van der Waals surface area contributed by atoms with Gasteiger partial charge in [-0.1, -0.05) is 42.5 Å². The van der Waals surface area contributed by atoms with Gasteiger partial charge in [-0.3, -0.25) is 19.0 Å². The maximum atomic E-state index is 13.6. The zero-order chi connectivity index (χ0) is 35.5. The van der Waals surface area contributed by atoms with E-state index in [9.17, 15) is 14.4 Å². The van der Waals surface area contributed by atoms with Crippen molar-refractivity contribution in [3.8, 4) is 0 Å². The van der Waals surface area contributed by atoms with Crippen molar-refractivity contribution in [2.45, 2.75) is 39.0 Å². The number of nitrogens with two attached hydrogens (primary N) is 1. The van der Waals surface area contributed by atoms with Gasteiger partial charge in [0.25, 0.3) is 11.8 Å². The molecule has 12 nitrogen and oxygen atoms in total. The Hall–Kier alpha value is -5.01. The molecule has 5 rings (SSSR count). The number of benzene rings is 3. The molecule has 4 aromatic rings. The highest BCUT2D eigenvalue weighted by Crippen LogP contribution is 2.42. The standard InChI is InChI=1S/C38H44N4O8/c1-3-49-38-29(16-18-47-20-21-48-19-17-43)30(31-24-42(25(2)44)34-11-7-4-8-28(31)34)22-35(50-38)37(46)40-23-26-12-14-27(15-13-26)36(45)41-33-10-6-5-9-32(33)39/h4-15,22,24,29-30,38,43H,3,16-21,23,39H2,1-2H3,(H,40,46)(H,41,45). The minimum absolute atomic E-state index is 0.0519. The molecule has 3 aromatic carbocycles. The molecule has 0 bridgehead atoms. The van der Waals surface area contributed by atoms with Crippen LogP contribution in [-0.4, -0.2) is 73.3 Å². The SMILES string of the molecule is CCOC1OC(C(=O)NCc2ccc(C(=O)Nc3ccccc3N)cc2)=CC(c2cn(C(C)=O)c3ccccc23)C1CCOCCOCCO. The number of carbonyl (C=O) groups is 3. The van der Waals surface area contributed by atoms with Crippen molar-refractivity contribution >= 4 is 40.0 Å². The van der Waals surface area contributed by atoms with Crippen molar-refractivity contribution in [3.05, 3.63) is 108 Å². The highest BCUT2D eigenvalue weighted by molar-refractivity contribution is 6.05. The summed E-state index contributed by atoms with van der Waals surface area (Å²) in [7, 11) is 0. The first kappa shape index (κ1) is 36.3. The molecular weight excluding hydrogens is 640 g/mol. The van der Waals surface area contributed by atoms with Crippen LogP contribution in [0, 0.1) is 5.92 Å². The molecule has 264 valence electrons. The van der Waals surface area contributed by atoms with Crippen LogP contribution >= 0.6 is 0 Å². The molecule has 0 saturated carbocycles. The number of para-hydroxylation sites is 3. The summed E-state index contributed by atoms with van der Waals surface area (Å²) >= 11 is 0. The molecule has 12 heteroatoms. The zero-order valence-electron chi connectivity index (χ0n) is 28.3. The summed E-state index contributed by atoms with van der Waals surface area (Å²) in [6.45, 7) is 5.21. The second-order valence-corrected chi connectivity index (χ2v) is 11.8. The lowest BCUT2D eigenvalue weighted by Gasteiger charge is -2.36. The number of aliphatic hydroxyl groups excluding tert-OH is 1. The maximum absolute atomic E-state index is 13.6. The van der Waals surface area contributed by atoms with Gasteiger partial charge in [0, 0.05) is 55.7 Å². The van der Waals surface area contributed by atoms with E-state index in [1.165, 1.54) is 6.92 Å². The van der Waals surface area contributed by atoms with Crippen LogP contribution < -0.4 is 16.4 Å². The molecule has 1 aromatic heterocycles. The summed E-state index contributed by atoms with van der Waals surface area (Å²) in [5.74, 6) is -1.34. The minimum atomic E-state index is -0.763. The van der Waals surface area contributed by atoms with Crippen molar-refractivity contribution in [2.24, 2.45) is 5.92 Å². The molecule has 1 aliphatic rings. The fourth-order valence-electron chi connectivity index (χ4n) is 5.98. The lowest BCUT2D eigenvalue weighted by Crippen LogP contribution is -2.39. The van der Waals surface area contributed by atoms with E-state index in [1.807, 2.05) is 37.4 Å². The van der Waals surface area contributed by atoms with Crippen LogP contribution in [0.25, 0.3) is 10.9 Å². The van der Waals surface area contributed by atoms with Crippen LogP contribution in [0.4, 0.5) is 11.4 Å². The van der Waals surface area contributed by atoms with E-state index in [1.54, 1.807) is 59.2 Å². The maximum Gasteiger partial charge on any atom is 0.286 e. The number of nitrogens with zero attached hydrogens (tertiary/aromatic N) is 1. The van der Waals surface area contributed by atoms with Crippen LogP contribution in [0.15, 0.2) is 90.8 Å². The van der Waals surface area contributed by atoms with Gasteiger partial charge >= 0.3 is 0 Å². The van der Waals surface area contributed by atoms with E-state index >= 15 is 0 Å². The molecule has 0 aliphatic carbocycles. The summed E-state index contributed by atoms with van der Waals surface area (Å²) in [6.07, 6.45) is 3.41. The molecule has 0 fully saturated rings. The molecule has 2 amide bonds. The number of allylic oxidation sites excluding steroid dienone is 1. The largest absolute Gasteiger partial charge is 0.459 e. The van der Waals surface area contributed by atoms with Crippen molar-refractivity contribution in [2.75, 3.05) is 50.7 Å². The number of aliphatic hydroxyl groups is 1. The van der Waals surface area contributed by atoms with E-state index in [0.717, 1.165) is 22.0 Å². The number of rotatable bonds is 16. The van der Waals surface area contributed by atoms with Crippen LogP contribution in [0.2, 0.25) is 0 Å². The Morgan fingerprint density at radius 2 is 1.64 bits per heavy atom. The first-order valence-electron chi connectivity index (χ1n) is 16.7. The summed E-state index contributed by atoms with van der Waals surface area (Å²) in [5.41, 5.74) is 9.82. The number of amides is 2. The molecule has 2 heterocycles. The Labute approximate surface area is 291 Å². The molecule has 5 N–H and O–H groups in total. The van der Waals surface area contributed by atoms with Gasteiger partial charge < -0.3 is 40.4 Å². The highest BCUT2D eigenvalue weighted by Gasteiger charge is 2.39. The van der Waals surface area contributed by atoms with Crippen molar-refractivity contribution in [1.82, 2.24) is 9.88 Å². The van der Waals surface area contributed by atoms with Crippen molar-refractivity contribution in [1.29, 1.82) is 0 Å². The average Bonchev–Trinajstić information content (AvgIpc) is 3.52. The van der Waals surface area contributed by atoms with Crippen LogP contribution in [0.1, 0.15) is 52.5 Å². The Bertz CT molecular complexity index is 1800. The van der Waals surface area contributed by atoms with Crippen LogP contribution in [-0.2, 0) is 30.3 Å². The van der Waals surface area contributed by atoms with Crippen molar-refractivity contribution in [3.63, 3.8) is 0 Å². The van der Waals surface area contributed by atoms with Crippen LogP contribution in [0.3, 0.4) is 0 Å². The lowest BCUT2D eigenvalue weighted by atomic mass is 9.81. The average molecular weight is 685 g/mol. The third-order valence-electron chi connectivity index (χ3n) is 8.46. The number of fused-ring (bicyclic) bond motifs is 1. The summed E-state index contributed by atoms with van der Waals surface area (Å²) in [4.78, 5) is 39.0. The molecule has 50 heavy (non-hydrogen) atoms. The summed E-state index contributed by atoms with van der Waals surface area (Å²) < 4.78 is 25.1. The first-order chi connectivity index (χ1) is 24.3. The van der Waals surface area contributed by atoms with E-state index < -0.39 is 12.2 Å². The molecule has 3 unspecified atom stereocenters. The lowest BCUT2D eigenvalue weighted by molar-refractivity contribution is -0.168. The fraction of sp³-hybridized carbons (Fsp3) is 0.342. The Kier molecular flexibility index (Phi) is 12.8. The number of aromatic nitrogens is 1. The van der Waals surface area contributed by atoms with E-state index in [-0.39, 0.29) is 49.2 Å². The number of anilines is 2. The van der Waals surface area contributed by atoms with Gasteiger partial charge in [0.05, 0.1) is 43.3 Å². The molecular formula is C38H44N4O8. The van der Waals surface area contributed by atoms with Gasteiger partial charge in [-0.05, 0) is 60.9 Å². The quantitative estimate of drug-likeness (QED) is 0.0955. The van der Waals surface area contributed by atoms with Gasteiger partial charge in [-0.25, -0.2) is 0 Å². The highest BCUT2D eigenvalue weighted by atomic mass is 16.7. The van der Waals surface area contributed by atoms with Gasteiger partial charge in [0.2, 0.25) is 12.2 Å². The Balaban J connectivity index is 1.34. The third kappa shape index (κ3) is 8.96. The number of nitrogens with one attached hydrogen (secondary N) is 2. The number of nitrogen functional groups attached to an aromatic ring is 1. The third-order valence-corrected chi connectivity index (χ3v) is 8.46. The monoisotopic (exact) mass is 684 g/mol. The molecule has 0 radical (unpaired) electrons. The first-order valence-corrected chi connectivity index (χ1v) is 16.7. The van der Waals surface area contributed by atoms with E-state index in [2.05, 4.69) is 10.6 Å². The zero-order valence-corrected chi connectivity index (χ0v) is 28.3. The second-order valence-electron chi connectivity index (χ2n) is 11.8. The number of hydrogen-bond acceptors (Lipinski definition) is 9.